The molecule has 0 amide bonds. The van der Waals surface area contributed by atoms with Crippen LogP contribution >= 0.6 is 11.6 Å². The first-order valence-electron chi connectivity index (χ1n) is 9.81. The third-order valence-corrected chi connectivity index (χ3v) is 5.64. The molecule has 0 radical (unpaired) electrons. The number of hydrogen-bond acceptors (Lipinski definition) is 5. The van der Waals surface area contributed by atoms with Gasteiger partial charge in [-0.05, 0) is 35.9 Å². The van der Waals surface area contributed by atoms with E-state index < -0.39 is 0 Å². The van der Waals surface area contributed by atoms with Crippen molar-refractivity contribution in [2.75, 3.05) is 12.4 Å². The Morgan fingerprint density at radius 3 is 2.52 bits per heavy atom. The van der Waals surface area contributed by atoms with Crippen LogP contribution in [-0.2, 0) is 6.54 Å². The van der Waals surface area contributed by atoms with Crippen LogP contribution in [0.4, 0.5) is 5.69 Å². The minimum absolute atomic E-state index is 0.0189. The van der Waals surface area contributed by atoms with Gasteiger partial charge < -0.3 is 10.1 Å². The van der Waals surface area contributed by atoms with Crippen LogP contribution < -0.4 is 10.1 Å². The Kier molecular flexibility index (Phi) is 4.88. The van der Waals surface area contributed by atoms with E-state index >= 15 is 0 Å². The summed E-state index contributed by atoms with van der Waals surface area (Å²) in [6, 6.07) is 19.0. The molecular formula is C25H18ClN3O2. The van der Waals surface area contributed by atoms with Crippen molar-refractivity contribution in [3.8, 4) is 28.3 Å². The van der Waals surface area contributed by atoms with Crippen molar-refractivity contribution in [3.63, 3.8) is 0 Å². The summed E-state index contributed by atoms with van der Waals surface area (Å²) in [5.74, 6) is 0.607. The summed E-state index contributed by atoms with van der Waals surface area (Å²) < 4.78 is 5.23. The topological polar surface area (TPSA) is 64.1 Å². The zero-order valence-electron chi connectivity index (χ0n) is 16.7. The first kappa shape index (κ1) is 19.3. The molecule has 1 aliphatic carbocycles. The van der Waals surface area contributed by atoms with Crippen LogP contribution in [0.2, 0.25) is 5.02 Å². The largest absolute Gasteiger partial charge is 0.495 e. The molecule has 5 rings (SSSR count). The number of pyridine rings is 2. The number of ketones is 1. The number of carbonyl (C=O) groups is 1. The Bertz CT molecular complexity index is 1310. The lowest BCUT2D eigenvalue weighted by molar-refractivity contribution is 0.104. The summed E-state index contributed by atoms with van der Waals surface area (Å²) in [4.78, 5) is 22.1. The number of nitrogens with zero attached hydrogens (tertiary/aromatic N) is 2. The fraction of sp³-hybridized carbons (Fsp3) is 0.0800. The predicted molar refractivity (Wildman–Crippen MR) is 122 cm³/mol. The molecule has 0 saturated carbocycles. The normalized spacial score (nSPS) is 11.7. The van der Waals surface area contributed by atoms with Crippen molar-refractivity contribution < 1.29 is 9.53 Å². The molecule has 0 saturated heterocycles. The third kappa shape index (κ3) is 3.43. The molecular weight excluding hydrogens is 410 g/mol. The van der Waals surface area contributed by atoms with Crippen LogP contribution in [-0.4, -0.2) is 22.9 Å². The van der Waals surface area contributed by atoms with Gasteiger partial charge in [0.05, 0.1) is 29.1 Å². The maximum absolute atomic E-state index is 13.2. The van der Waals surface area contributed by atoms with Gasteiger partial charge in [0.2, 0.25) is 0 Å². The van der Waals surface area contributed by atoms with Crippen LogP contribution in [0.15, 0.2) is 73.1 Å². The standard InChI is InChI=1S/C25H18ClN3O2/c1-31-22-7-6-15(12-19(22)26)14-28-21-13-20(16-8-10-27-11-9-16)29-24-17-4-2-3-5-18(17)25(30)23(21)24/h2-13H,14H2,1H3,(H,28,29). The van der Waals surface area contributed by atoms with E-state index in [1.54, 1.807) is 19.5 Å². The Morgan fingerprint density at radius 2 is 1.77 bits per heavy atom. The summed E-state index contributed by atoms with van der Waals surface area (Å²) in [7, 11) is 1.59. The average Bonchev–Trinajstić information content (AvgIpc) is 3.10. The van der Waals surface area contributed by atoms with E-state index in [1.807, 2.05) is 60.7 Å². The second-order valence-corrected chi connectivity index (χ2v) is 7.62. The number of anilines is 1. The molecule has 1 aliphatic rings. The van der Waals surface area contributed by atoms with Crippen LogP contribution in [0, 0.1) is 0 Å². The molecule has 152 valence electrons. The monoisotopic (exact) mass is 427 g/mol. The van der Waals surface area contributed by atoms with Crippen molar-refractivity contribution in [2.45, 2.75) is 6.54 Å². The number of methoxy groups -OCH3 is 1. The molecule has 6 heteroatoms. The molecule has 0 spiro atoms. The molecule has 4 aromatic rings. The van der Waals surface area contributed by atoms with Gasteiger partial charge >= 0.3 is 0 Å². The van der Waals surface area contributed by atoms with Gasteiger partial charge in [-0.15, -0.1) is 0 Å². The highest BCUT2D eigenvalue weighted by atomic mass is 35.5. The molecule has 0 bridgehead atoms. The number of rotatable bonds is 5. The number of ether oxygens (including phenoxy) is 1. The quantitative estimate of drug-likeness (QED) is 0.394. The second kappa shape index (κ2) is 7.85. The molecule has 0 unspecified atom stereocenters. The highest BCUT2D eigenvalue weighted by molar-refractivity contribution is 6.32. The Morgan fingerprint density at radius 1 is 1.00 bits per heavy atom. The molecule has 1 N–H and O–H groups in total. The highest BCUT2D eigenvalue weighted by Crippen LogP contribution is 2.41. The molecule has 0 atom stereocenters. The van der Waals surface area contributed by atoms with E-state index in [-0.39, 0.29) is 5.78 Å². The summed E-state index contributed by atoms with van der Waals surface area (Å²) in [6.45, 7) is 0.500. The van der Waals surface area contributed by atoms with Crippen molar-refractivity contribution in [2.24, 2.45) is 0 Å². The van der Waals surface area contributed by atoms with Crippen molar-refractivity contribution >= 4 is 23.1 Å². The third-order valence-electron chi connectivity index (χ3n) is 5.35. The summed E-state index contributed by atoms with van der Waals surface area (Å²) in [6.07, 6.45) is 3.46. The second-order valence-electron chi connectivity index (χ2n) is 7.21. The van der Waals surface area contributed by atoms with Gasteiger partial charge in [0.15, 0.2) is 5.78 Å². The number of halogens is 1. The van der Waals surface area contributed by atoms with Gasteiger partial charge in [0, 0.05) is 41.3 Å². The number of nitrogens with one attached hydrogen (secondary N) is 1. The van der Waals surface area contributed by atoms with Crippen molar-refractivity contribution in [1.82, 2.24) is 9.97 Å². The molecule has 5 nitrogen and oxygen atoms in total. The van der Waals surface area contributed by atoms with Crippen LogP contribution in [0.3, 0.4) is 0 Å². The Balaban J connectivity index is 1.58. The van der Waals surface area contributed by atoms with Gasteiger partial charge in [-0.3, -0.25) is 9.78 Å². The van der Waals surface area contributed by atoms with E-state index in [4.69, 9.17) is 21.3 Å². The number of aromatic nitrogens is 2. The summed E-state index contributed by atoms with van der Waals surface area (Å²) in [5.41, 5.74) is 6.26. The summed E-state index contributed by atoms with van der Waals surface area (Å²) in [5, 5.41) is 3.97. The van der Waals surface area contributed by atoms with E-state index in [1.165, 1.54) is 0 Å². The molecule has 31 heavy (non-hydrogen) atoms. The Labute approximate surface area is 184 Å². The lowest BCUT2D eigenvalue weighted by Gasteiger charge is -2.14. The van der Waals surface area contributed by atoms with E-state index in [0.29, 0.717) is 34.1 Å². The number of hydrogen-bond donors (Lipinski definition) is 1. The molecule has 0 aliphatic heterocycles. The maximum Gasteiger partial charge on any atom is 0.197 e. The minimum Gasteiger partial charge on any atom is -0.495 e. The first-order valence-corrected chi connectivity index (χ1v) is 10.2. The summed E-state index contributed by atoms with van der Waals surface area (Å²) >= 11 is 6.27. The molecule has 2 aromatic carbocycles. The van der Waals surface area contributed by atoms with Crippen molar-refractivity contribution in [3.05, 3.63) is 94.8 Å². The van der Waals surface area contributed by atoms with E-state index in [0.717, 1.165) is 28.1 Å². The zero-order chi connectivity index (χ0) is 21.4. The van der Waals surface area contributed by atoms with Gasteiger partial charge in [-0.1, -0.05) is 41.9 Å². The minimum atomic E-state index is -0.0189. The van der Waals surface area contributed by atoms with Gasteiger partial charge in [0.1, 0.15) is 5.75 Å². The van der Waals surface area contributed by atoms with Gasteiger partial charge in [0.25, 0.3) is 0 Å². The molecule has 2 aromatic heterocycles. The lowest BCUT2D eigenvalue weighted by atomic mass is 10.1. The SMILES string of the molecule is COc1ccc(CNc2cc(-c3ccncc3)nc3c2C(=O)c2ccccc2-3)cc1Cl. The number of carbonyl (C=O) groups excluding carboxylic acids is 1. The fourth-order valence-corrected chi connectivity index (χ4v) is 4.10. The molecule has 2 heterocycles. The lowest BCUT2D eigenvalue weighted by Crippen LogP contribution is -2.07. The van der Waals surface area contributed by atoms with Crippen LogP contribution in [0.25, 0.3) is 22.5 Å². The maximum atomic E-state index is 13.2. The van der Waals surface area contributed by atoms with E-state index in [9.17, 15) is 4.79 Å². The van der Waals surface area contributed by atoms with Crippen molar-refractivity contribution in [1.29, 1.82) is 0 Å². The smallest absolute Gasteiger partial charge is 0.197 e. The number of benzene rings is 2. The number of fused-ring (bicyclic) bond motifs is 3. The zero-order valence-corrected chi connectivity index (χ0v) is 17.5. The highest BCUT2D eigenvalue weighted by Gasteiger charge is 2.31. The van der Waals surface area contributed by atoms with E-state index in [2.05, 4.69) is 10.3 Å². The molecule has 0 fully saturated rings. The average molecular weight is 428 g/mol. The first-order chi connectivity index (χ1) is 15.2. The Hall–Kier alpha value is -3.70. The predicted octanol–water partition coefficient (Wildman–Crippen LogP) is 5.63. The van der Waals surface area contributed by atoms with Gasteiger partial charge in [-0.2, -0.15) is 0 Å². The van der Waals surface area contributed by atoms with Crippen LogP contribution in [0.5, 0.6) is 5.75 Å². The fourth-order valence-electron chi connectivity index (χ4n) is 3.82. The van der Waals surface area contributed by atoms with Crippen LogP contribution in [0.1, 0.15) is 21.5 Å². The van der Waals surface area contributed by atoms with Gasteiger partial charge in [-0.25, -0.2) is 4.98 Å².